The summed E-state index contributed by atoms with van der Waals surface area (Å²) in [7, 11) is 1.64. The maximum Gasteiger partial charge on any atom is 0.312 e. The van der Waals surface area contributed by atoms with E-state index < -0.39 is 22.7 Å². The second kappa shape index (κ2) is 9.35. The van der Waals surface area contributed by atoms with E-state index in [0.29, 0.717) is 24.4 Å². The number of nitrogens with one attached hydrogen (secondary N) is 1. The Hall–Kier alpha value is -2.97. The van der Waals surface area contributed by atoms with Crippen LogP contribution in [-0.4, -0.2) is 38.5 Å². The molecule has 0 spiro atoms. The fourth-order valence-corrected chi connectivity index (χ4v) is 7.23. The third-order valence-electron chi connectivity index (χ3n) is 8.83. The van der Waals surface area contributed by atoms with E-state index in [9.17, 15) is 19.2 Å². The lowest BCUT2D eigenvalue weighted by Gasteiger charge is -2.24. The van der Waals surface area contributed by atoms with Crippen molar-refractivity contribution in [3.63, 3.8) is 0 Å². The van der Waals surface area contributed by atoms with Crippen molar-refractivity contribution in [2.75, 3.05) is 7.11 Å². The van der Waals surface area contributed by atoms with Gasteiger partial charge < -0.3 is 19.0 Å². The average Bonchev–Trinajstić information content (AvgIpc) is 3.59. The highest BCUT2D eigenvalue weighted by atomic mass is 32.2. The van der Waals surface area contributed by atoms with Crippen molar-refractivity contribution in [3.8, 4) is 17.0 Å². The summed E-state index contributed by atoms with van der Waals surface area (Å²) in [6.07, 6.45) is 6.36. The van der Waals surface area contributed by atoms with Crippen LogP contribution >= 0.6 is 0 Å². The molecule has 0 saturated heterocycles. The molecule has 7 nitrogen and oxygen atoms in total. The number of aliphatic carboxylic acids is 1. The number of carbonyl (C=O) groups excluding carboxylic acids is 1. The largest absolute Gasteiger partial charge is 0.593 e. The van der Waals surface area contributed by atoms with Crippen LogP contribution in [0.4, 0.5) is 0 Å². The van der Waals surface area contributed by atoms with E-state index in [1.807, 2.05) is 30.3 Å². The van der Waals surface area contributed by atoms with Crippen LogP contribution in [-0.2, 0) is 22.7 Å². The van der Waals surface area contributed by atoms with Gasteiger partial charge in [-0.2, -0.15) is 4.72 Å². The third kappa shape index (κ3) is 3.92. The molecule has 2 aromatic carbocycles. The van der Waals surface area contributed by atoms with Gasteiger partial charge in [0.25, 0.3) is 5.91 Å². The Labute approximate surface area is 225 Å². The molecule has 38 heavy (non-hydrogen) atoms. The van der Waals surface area contributed by atoms with Gasteiger partial charge in [0.1, 0.15) is 11.0 Å². The first-order valence-electron chi connectivity index (χ1n) is 13.5. The van der Waals surface area contributed by atoms with Gasteiger partial charge >= 0.3 is 5.97 Å². The lowest BCUT2D eigenvalue weighted by Crippen LogP contribution is -2.35. The smallest absolute Gasteiger partial charge is 0.312 e. The molecular formula is C30H34N2O5S. The van der Waals surface area contributed by atoms with Crippen LogP contribution in [0, 0.1) is 5.41 Å². The van der Waals surface area contributed by atoms with Crippen molar-refractivity contribution in [3.05, 3.63) is 53.1 Å². The predicted molar refractivity (Wildman–Crippen MR) is 148 cm³/mol. The second-order valence-electron chi connectivity index (χ2n) is 11.4. The maximum atomic E-state index is 13.0. The zero-order chi connectivity index (χ0) is 26.8. The van der Waals surface area contributed by atoms with Crippen molar-refractivity contribution < 1.29 is 24.0 Å². The molecule has 3 atom stereocenters. The van der Waals surface area contributed by atoms with Gasteiger partial charge in [-0.15, -0.1) is 0 Å². The summed E-state index contributed by atoms with van der Waals surface area (Å²) in [5, 5.41) is 11.3. The molecule has 0 bridgehead atoms. The highest BCUT2D eigenvalue weighted by molar-refractivity contribution is 7.90. The minimum atomic E-state index is -1.48. The molecular weight excluding hydrogens is 500 g/mol. The number of carboxylic acids is 1. The summed E-state index contributed by atoms with van der Waals surface area (Å²) < 4.78 is 22.7. The van der Waals surface area contributed by atoms with Crippen LogP contribution in [0.3, 0.4) is 0 Å². The van der Waals surface area contributed by atoms with Crippen molar-refractivity contribution in [1.82, 2.24) is 9.29 Å². The predicted octanol–water partition coefficient (Wildman–Crippen LogP) is 5.74. The summed E-state index contributed by atoms with van der Waals surface area (Å²) in [5.41, 5.74) is 4.87. The molecule has 1 aliphatic heterocycles. The average molecular weight is 535 g/mol. The summed E-state index contributed by atoms with van der Waals surface area (Å²) >= 11 is -1.48. The second-order valence-corrected chi connectivity index (χ2v) is 13.1. The molecule has 1 aromatic heterocycles. The molecule has 2 fully saturated rings. The van der Waals surface area contributed by atoms with Gasteiger partial charge in [-0.3, -0.25) is 9.59 Å². The van der Waals surface area contributed by atoms with E-state index in [4.69, 9.17) is 4.74 Å². The van der Waals surface area contributed by atoms with Crippen LogP contribution in [0.15, 0.2) is 36.4 Å². The van der Waals surface area contributed by atoms with Gasteiger partial charge in [-0.1, -0.05) is 25.3 Å². The zero-order valence-electron chi connectivity index (χ0n) is 22.1. The van der Waals surface area contributed by atoms with E-state index in [1.165, 1.54) is 24.8 Å². The number of nitrogens with zero attached hydrogens (tertiary/aromatic N) is 1. The minimum Gasteiger partial charge on any atom is -0.593 e. The topological polar surface area (TPSA) is 104 Å². The molecule has 200 valence electrons. The number of rotatable bonds is 6. The molecule has 6 rings (SSSR count). The van der Waals surface area contributed by atoms with Crippen molar-refractivity contribution in [2.24, 2.45) is 5.41 Å². The lowest BCUT2D eigenvalue weighted by molar-refractivity contribution is -0.144. The van der Waals surface area contributed by atoms with E-state index in [-0.39, 0.29) is 17.1 Å². The third-order valence-corrected chi connectivity index (χ3v) is 10.1. The Bertz CT molecular complexity index is 1440. The van der Waals surface area contributed by atoms with Gasteiger partial charge in [0.2, 0.25) is 0 Å². The normalized spacial score (nSPS) is 23.2. The SMILES string of the molecule is COc1ccc2c(c1)C1CC1(C(=O)O)Cn1c-2c(C2CCCCC2)c2ccc(C(=O)N[S@@+]([O-])C(C)C)cc21. The molecule has 2 N–H and O–H groups in total. The number of fused-ring (bicyclic) bond motifs is 7. The first-order valence-corrected chi connectivity index (χ1v) is 14.8. The molecule has 8 heteroatoms. The van der Waals surface area contributed by atoms with Gasteiger partial charge in [0.15, 0.2) is 0 Å². The van der Waals surface area contributed by atoms with Crippen molar-refractivity contribution in [2.45, 2.75) is 76.0 Å². The summed E-state index contributed by atoms with van der Waals surface area (Å²) in [6.45, 7) is 3.95. The number of amides is 1. The zero-order valence-corrected chi connectivity index (χ0v) is 22.9. The van der Waals surface area contributed by atoms with Crippen molar-refractivity contribution in [1.29, 1.82) is 0 Å². The van der Waals surface area contributed by atoms with Gasteiger partial charge in [0, 0.05) is 34.5 Å². The van der Waals surface area contributed by atoms with E-state index in [0.717, 1.165) is 46.3 Å². The van der Waals surface area contributed by atoms with Crippen LogP contribution in [0.2, 0.25) is 0 Å². The molecule has 0 radical (unpaired) electrons. The van der Waals surface area contributed by atoms with Crippen molar-refractivity contribution >= 4 is 34.1 Å². The fourth-order valence-electron chi connectivity index (χ4n) is 6.69. The molecule has 3 aliphatic rings. The number of hydrogen-bond acceptors (Lipinski definition) is 4. The number of hydrogen-bond donors (Lipinski definition) is 2. The van der Waals surface area contributed by atoms with Gasteiger partial charge in [0.05, 0.1) is 29.6 Å². The van der Waals surface area contributed by atoms with E-state index in [1.54, 1.807) is 21.0 Å². The fraction of sp³-hybridized carbons (Fsp3) is 0.467. The first-order chi connectivity index (χ1) is 18.2. The Morgan fingerprint density at radius 1 is 1.16 bits per heavy atom. The van der Waals surface area contributed by atoms with Crippen LogP contribution in [0.5, 0.6) is 5.75 Å². The van der Waals surface area contributed by atoms with Crippen LogP contribution in [0.1, 0.15) is 85.7 Å². The van der Waals surface area contributed by atoms with Gasteiger partial charge in [-0.25, -0.2) is 0 Å². The summed E-state index contributed by atoms with van der Waals surface area (Å²) in [5.74, 6) is -0.146. The maximum absolute atomic E-state index is 13.0. The monoisotopic (exact) mass is 534 g/mol. The number of ether oxygens (including phenoxy) is 1. The van der Waals surface area contributed by atoms with Crippen LogP contribution in [0.25, 0.3) is 22.2 Å². The summed E-state index contributed by atoms with van der Waals surface area (Å²) in [4.78, 5) is 25.7. The Morgan fingerprint density at radius 3 is 2.61 bits per heavy atom. The molecule has 2 saturated carbocycles. The van der Waals surface area contributed by atoms with E-state index >= 15 is 0 Å². The number of benzene rings is 2. The standard InChI is InChI=1S/C30H34N2O5S/c1-17(2)38(36)31-28(33)19-9-11-22-25(13-19)32-16-30(29(34)35)15-24(30)23-14-20(37-3)10-12-21(23)27(32)26(22)18-7-5-4-6-8-18/h9-14,17-18,24H,4-8,15-16H2,1-3H3,(H,31,33)(H,34,35)/t24?,30?,38-/m0/s1. The Kier molecular flexibility index (Phi) is 6.23. The minimum absolute atomic E-state index is 0.0841. The quantitative estimate of drug-likeness (QED) is 0.393. The molecule has 1 amide bonds. The lowest BCUT2D eigenvalue weighted by atomic mass is 9.81. The first kappa shape index (κ1) is 25.3. The molecule has 2 aliphatic carbocycles. The van der Waals surface area contributed by atoms with E-state index in [2.05, 4.69) is 15.4 Å². The number of aromatic nitrogens is 1. The molecule has 3 aromatic rings. The molecule has 2 heterocycles. The Balaban J connectivity index is 1.59. The Morgan fingerprint density at radius 2 is 1.92 bits per heavy atom. The number of carboxylic acid groups (broad SMARTS) is 1. The highest BCUT2D eigenvalue weighted by Gasteiger charge is 2.63. The number of methoxy groups -OCH3 is 1. The highest BCUT2D eigenvalue weighted by Crippen LogP contribution is 2.65. The van der Waals surface area contributed by atoms with Gasteiger partial charge in [-0.05, 0) is 80.5 Å². The number of carbonyl (C=O) groups is 2. The van der Waals surface area contributed by atoms with Crippen LogP contribution < -0.4 is 9.46 Å². The molecule has 2 unspecified atom stereocenters. The summed E-state index contributed by atoms with van der Waals surface area (Å²) in [6, 6.07) is 11.7.